The van der Waals surface area contributed by atoms with E-state index in [4.69, 9.17) is 5.26 Å². The first-order chi connectivity index (χ1) is 8.92. The van der Waals surface area contributed by atoms with Crippen molar-refractivity contribution in [1.82, 2.24) is 0 Å². The summed E-state index contributed by atoms with van der Waals surface area (Å²) in [5.41, 5.74) is 3.09. The van der Waals surface area contributed by atoms with Gasteiger partial charge in [-0.05, 0) is 46.9 Å². The Labute approximate surface area is 116 Å². The topological polar surface area (TPSA) is 23.8 Å². The summed E-state index contributed by atoms with van der Waals surface area (Å²) in [6.45, 7) is 0. The first-order valence-corrected chi connectivity index (χ1v) is 8.20. The van der Waals surface area contributed by atoms with Crippen LogP contribution in [0.2, 0.25) is 0 Å². The minimum absolute atomic E-state index is 0.620. The van der Waals surface area contributed by atoms with Crippen LogP contribution >= 0.6 is 22.7 Å². The van der Waals surface area contributed by atoms with Crippen LogP contribution in [-0.4, -0.2) is 0 Å². The third kappa shape index (κ3) is 2.00. The van der Waals surface area contributed by atoms with Gasteiger partial charge in [0, 0.05) is 22.1 Å². The maximum Gasteiger partial charge on any atom is 0.0621 e. The molecule has 92 valence electrons. The highest BCUT2D eigenvalue weighted by atomic mass is 32.1. The second kappa shape index (κ2) is 5.26. The monoisotopic (exact) mass is 273 g/mol. The van der Waals surface area contributed by atoms with Crippen molar-refractivity contribution < 1.29 is 0 Å². The summed E-state index contributed by atoms with van der Waals surface area (Å²) in [6.07, 6.45) is 5.41. The molecule has 2 aromatic heterocycles. The van der Waals surface area contributed by atoms with Gasteiger partial charge < -0.3 is 0 Å². The Balaban J connectivity index is 1.69. The quantitative estimate of drug-likeness (QED) is 0.669. The third-order valence-electron chi connectivity index (χ3n) is 3.63. The summed E-state index contributed by atoms with van der Waals surface area (Å²) in [5.74, 6) is 0.620. The van der Waals surface area contributed by atoms with Crippen LogP contribution < -0.4 is 0 Å². The van der Waals surface area contributed by atoms with Gasteiger partial charge in [-0.15, -0.1) is 22.7 Å². The van der Waals surface area contributed by atoms with Gasteiger partial charge in [0.1, 0.15) is 0 Å². The molecule has 0 amide bonds. The minimum atomic E-state index is 0.620. The van der Waals surface area contributed by atoms with Crippen molar-refractivity contribution in [3.8, 4) is 15.8 Å². The van der Waals surface area contributed by atoms with Crippen LogP contribution in [0.3, 0.4) is 0 Å². The number of fused-ring (bicyclic) bond motifs is 3. The minimum Gasteiger partial charge on any atom is -0.198 e. The predicted octanol–water partition coefficient (Wildman–Crippen LogP) is 5.40. The average Bonchev–Trinajstić information content (AvgIpc) is 3.03. The van der Waals surface area contributed by atoms with E-state index in [0.29, 0.717) is 12.3 Å². The smallest absolute Gasteiger partial charge is 0.0621 e. The van der Waals surface area contributed by atoms with Crippen LogP contribution in [0.5, 0.6) is 0 Å². The van der Waals surface area contributed by atoms with Gasteiger partial charge in [0.2, 0.25) is 0 Å². The molecule has 0 unspecified atom stereocenters. The molecule has 1 aliphatic carbocycles. The van der Waals surface area contributed by atoms with Crippen LogP contribution in [0.1, 0.15) is 49.1 Å². The number of unbranched alkanes of at least 4 members (excludes halogenated alkanes) is 3. The van der Waals surface area contributed by atoms with Gasteiger partial charge in [0.15, 0.2) is 0 Å². The maximum atomic E-state index is 8.53. The van der Waals surface area contributed by atoms with E-state index >= 15 is 0 Å². The lowest BCUT2D eigenvalue weighted by molar-refractivity contribution is 0.614. The Kier molecular flexibility index (Phi) is 3.49. The molecule has 2 heterocycles. The van der Waals surface area contributed by atoms with Gasteiger partial charge in [-0.3, -0.25) is 0 Å². The standard InChI is InChI=1S/C15H15NS2/c16-8-4-2-1-3-5-11-12-6-9-17-14(12)15-13(11)7-10-18-15/h6-7,9-11H,1-5H2. The molecule has 3 rings (SSSR count). The maximum absolute atomic E-state index is 8.53. The second-order valence-electron chi connectivity index (χ2n) is 4.72. The van der Waals surface area contributed by atoms with E-state index < -0.39 is 0 Å². The average molecular weight is 273 g/mol. The lowest BCUT2D eigenvalue weighted by Gasteiger charge is -2.10. The summed E-state index contributed by atoms with van der Waals surface area (Å²) >= 11 is 3.76. The van der Waals surface area contributed by atoms with Gasteiger partial charge in [-0.25, -0.2) is 0 Å². The highest BCUT2D eigenvalue weighted by molar-refractivity contribution is 7.20. The van der Waals surface area contributed by atoms with Crippen molar-refractivity contribution in [2.75, 3.05) is 0 Å². The highest BCUT2D eigenvalue weighted by Gasteiger charge is 2.30. The molecule has 2 aromatic rings. The van der Waals surface area contributed by atoms with E-state index in [1.165, 1.54) is 29.0 Å². The van der Waals surface area contributed by atoms with Crippen molar-refractivity contribution >= 4 is 22.7 Å². The molecule has 0 atom stereocenters. The Morgan fingerprint density at radius 2 is 1.67 bits per heavy atom. The molecule has 0 N–H and O–H groups in total. The molecule has 1 aliphatic rings. The van der Waals surface area contributed by atoms with Crippen LogP contribution in [0.25, 0.3) is 9.75 Å². The zero-order valence-corrected chi connectivity index (χ0v) is 11.8. The first kappa shape index (κ1) is 12.0. The Morgan fingerprint density at radius 3 is 2.28 bits per heavy atom. The van der Waals surface area contributed by atoms with E-state index in [2.05, 4.69) is 29.0 Å². The Morgan fingerprint density at radius 1 is 1.00 bits per heavy atom. The fourth-order valence-corrected chi connectivity index (χ4v) is 4.90. The number of thiophene rings is 2. The van der Waals surface area contributed by atoms with E-state index in [9.17, 15) is 0 Å². The number of rotatable bonds is 5. The fourth-order valence-electron chi connectivity index (χ4n) is 2.76. The van der Waals surface area contributed by atoms with Crippen LogP contribution in [0.15, 0.2) is 22.9 Å². The number of hydrogen-bond acceptors (Lipinski definition) is 3. The molecule has 0 spiro atoms. The first-order valence-electron chi connectivity index (χ1n) is 6.44. The van der Waals surface area contributed by atoms with Crippen LogP contribution in [-0.2, 0) is 0 Å². The van der Waals surface area contributed by atoms with E-state index in [1.54, 1.807) is 11.1 Å². The summed E-state index contributed by atoms with van der Waals surface area (Å²) < 4.78 is 0. The highest BCUT2D eigenvalue weighted by Crippen LogP contribution is 2.51. The third-order valence-corrected chi connectivity index (χ3v) is 5.65. The molecule has 3 heteroatoms. The molecular formula is C15H15NS2. The lowest BCUT2D eigenvalue weighted by atomic mass is 9.93. The zero-order chi connectivity index (χ0) is 12.4. The molecular weight excluding hydrogens is 258 g/mol. The molecule has 18 heavy (non-hydrogen) atoms. The van der Waals surface area contributed by atoms with Crippen molar-refractivity contribution in [3.63, 3.8) is 0 Å². The van der Waals surface area contributed by atoms with Crippen molar-refractivity contribution in [2.45, 2.75) is 38.0 Å². The van der Waals surface area contributed by atoms with Crippen molar-refractivity contribution in [2.24, 2.45) is 0 Å². The number of nitriles is 1. The number of hydrogen-bond donors (Lipinski definition) is 0. The molecule has 0 aromatic carbocycles. The Bertz CT molecular complexity index is 533. The lowest BCUT2D eigenvalue weighted by Crippen LogP contribution is -1.95. The van der Waals surface area contributed by atoms with Gasteiger partial charge in [0.25, 0.3) is 0 Å². The molecule has 1 nitrogen and oxygen atoms in total. The predicted molar refractivity (Wildman–Crippen MR) is 78.2 cm³/mol. The SMILES string of the molecule is N#CCCCCCC1c2ccsc2-c2sccc21. The van der Waals surface area contributed by atoms with Crippen LogP contribution in [0.4, 0.5) is 0 Å². The largest absolute Gasteiger partial charge is 0.198 e. The summed E-state index contributed by atoms with van der Waals surface area (Å²) in [5, 5.41) is 13.0. The zero-order valence-electron chi connectivity index (χ0n) is 10.2. The Hall–Kier alpha value is -1.11. The van der Waals surface area contributed by atoms with E-state index in [-0.39, 0.29) is 0 Å². The molecule has 0 radical (unpaired) electrons. The van der Waals surface area contributed by atoms with Gasteiger partial charge in [0.05, 0.1) is 6.07 Å². The molecule has 0 bridgehead atoms. The summed E-state index contributed by atoms with van der Waals surface area (Å²) in [6, 6.07) is 6.82. The van der Waals surface area contributed by atoms with Crippen LogP contribution in [0, 0.1) is 11.3 Å². The summed E-state index contributed by atoms with van der Waals surface area (Å²) in [7, 11) is 0. The fraction of sp³-hybridized carbons (Fsp3) is 0.400. The van der Waals surface area contributed by atoms with Gasteiger partial charge in [-0.2, -0.15) is 5.26 Å². The van der Waals surface area contributed by atoms with Gasteiger partial charge in [-0.1, -0.05) is 12.8 Å². The molecule has 0 aliphatic heterocycles. The summed E-state index contributed by atoms with van der Waals surface area (Å²) in [4.78, 5) is 3.00. The normalized spacial score (nSPS) is 13.3. The van der Waals surface area contributed by atoms with Crippen molar-refractivity contribution in [1.29, 1.82) is 5.26 Å². The van der Waals surface area contributed by atoms with E-state index in [0.717, 1.165) is 6.42 Å². The molecule has 0 fully saturated rings. The second-order valence-corrected chi connectivity index (χ2v) is 6.55. The van der Waals surface area contributed by atoms with E-state index in [1.807, 2.05) is 22.7 Å². The molecule has 0 saturated heterocycles. The van der Waals surface area contributed by atoms with Crippen molar-refractivity contribution in [3.05, 3.63) is 34.0 Å². The molecule has 0 saturated carbocycles. The van der Waals surface area contributed by atoms with Gasteiger partial charge >= 0.3 is 0 Å². The number of nitrogens with zero attached hydrogens (tertiary/aromatic N) is 1.